The summed E-state index contributed by atoms with van der Waals surface area (Å²) in [5.74, 6) is -0.402. The number of imide groups is 1. The smallest absolute Gasteiger partial charge is 0.243 e. The number of nitrogens with two attached hydrogens (primary N) is 1. The van der Waals surface area contributed by atoms with E-state index in [1.54, 1.807) is 6.07 Å². The number of nitrogens with zero attached hydrogens (tertiary/aromatic N) is 1. The molecule has 5 heteroatoms. The van der Waals surface area contributed by atoms with Crippen LogP contribution in [0.15, 0.2) is 18.2 Å². The van der Waals surface area contributed by atoms with Crippen LogP contribution in [0.5, 0.6) is 0 Å². The summed E-state index contributed by atoms with van der Waals surface area (Å²) >= 11 is 3.93. The SMILES string of the molecule is NCc1ccc2c(c1)CCC(=O)N2C(=O)CS. The van der Waals surface area contributed by atoms with Crippen LogP contribution >= 0.6 is 12.6 Å². The van der Waals surface area contributed by atoms with Gasteiger partial charge in [0.1, 0.15) is 0 Å². The molecular formula is C12H14N2O2S. The zero-order valence-corrected chi connectivity index (χ0v) is 10.2. The lowest BCUT2D eigenvalue weighted by Crippen LogP contribution is -2.41. The van der Waals surface area contributed by atoms with Gasteiger partial charge in [0.2, 0.25) is 11.8 Å². The van der Waals surface area contributed by atoms with Crippen LogP contribution in [-0.2, 0) is 22.6 Å². The van der Waals surface area contributed by atoms with Gasteiger partial charge in [-0.1, -0.05) is 12.1 Å². The van der Waals surface area contributed by atoms with Gasteiger partial charge in [-0.2, -0.15) is 12.6 Å². The Kier molecular flexibility index (Phi) is 3.49. The molecule has 17 heavy (non-hydrogen) atoms. The van der Waals surface area contributed by atoms with Crippen LogP contribution in [0.4, 0.5) is 5.69 Å². The van der Waals surface area contributed by atoms with Crippen LogP contribution in [-0.4, -0.2) is 17.6 Å². The maximum atomic E-state index is 11.8. The number of fused-ring (bicyclic) bond motifs is 1. The van der Waals surface area contributed by atoms with Crippen molar-refractivity contribution in [3.8, 4) is 0 Å². The van der Waals surface area contributed by atoms with E-state index >= 15 is 0 Å². The van der Waals surface area contributed by atoms with E-state index < -0.39 is 0 Å². The molecule has 4 nitrogen and oxygen atoms in total. The fourth-order valence-corrected chi connectivity index (χ4v) is 2.16. The van der Waals surface area contributed by atoms with Gasteiger partial charge in [-0.05, 0) is 23.6 Å². The van der Waals surface area contributed by atoms with Crippen molar-refractivity contribution in [2.24, 2.45) is 5.73 Å². The standard InChI is InChI=1S/C12H14N2O2S/c13-6-8-1-3-10-9(5-8)2-4-11(15)14(10)12(16)7-17/h1,3,5,17H,2,4,6-7,13H2. The highest BCUT2D eigenvalue weighted by molar-refractivity contribution is 7.81. The van der Waals surface area contributed by atoms with Gasteiger partial charge in [0.15, 0.2) is 0 Å². The first-order chi connectivity index (χ1) is 8.17. The summed E-state index contributed by atoms with van der Waals surface area (Å²) in [7, 11) is 0. The molecule has 1 aliphatic rings. The maximum Gasteiger partial charge on any atom is 0.243 e. The fourth-order valence-electron chi connectivity index (χ4n) is 2.02. The number of amides is 2. The molecular weight excluding hydrogens is 236 g/mol. The third kappa shape index (κ3) is 2.21. The monoisotopic (exact) mass is 250 g/mol. The maximum absolute atomic E-state index is 11.8. The number of benzene rings is 1. The van der Waals surface area contributed by atoms with Gasteiger partial charge in [0.25, 0.3) is 0 Å². The Morgan fingerprint density at radius 2 is 2.18 bits per heavy atom. The Bertz CT molecular complexity index is 474. The van der Waals surface area contributed by atoms with Crippen LogP contribution < -0.4 is 10.6 Å². The highest BCUT2D eigenvalue weighted by Crippen LogP contribution is 2.29. The minimum absolute atomic E-state index is 0.0316. The molecule has 0 saturated heterocycles. The molecule has 0 aliphatic carbocycles. The van der Waals surface area contributed by atoms with Gasteiger partial charge in [-0.3, -0.25) is 9.59 Å². The molecule has 1 heterocycles. The van der Waals surface area contributed by atoms with Crippen molar-refractivity contribution < 1.29 is 9.59 Å². The minimum Gasteiger partial charge on any atom is -0.326 e. The average Bonchev–Trinajstić information content (AvgIpc) is 2.37. The number of thiol groups is 1. The zero-order chi connectivity index (χ0) is 12.4. The minimum atomic E-state index is -0.278. The van der Waals surface area contributed by atoms with E-state index in [9.17, 15) is 9.59 Å². The van der Waals surface area contributed by atoms with E-state index in [4.69, 9.17) is 5.73 Å². The second-order valence-corrected chi connectivity index (χ2v) is 4.26. The molecule has 0 atom stereocenters. The zero-order valence-electron chi connectivity index (χ0n) is 9.35. The van der Waals surface area contributed by atoms with Crippen molar-refractivity contribution in [3.05, 3.63) is 29.3 Å². The highest BCUT2D eigenvalue weighted by Gasteiger charge is 2.28. The topological polar surface area (TPSA) is 63.4 Å². The molecule has 90 valence electrons. The summed E-state index contributed by atoms with van der Waals surface area (Å²) in [6, 6.07) is 5.59. The number of hydrogen-bond acceptors (Lipinski definition) is 4. The number of carbonyl (C=O) groups is 2. The molecule has 0 unspecified atom stereocenters. The largest absolute Gasteiger partial charge is 0.326 e. The third-order valence-electron chi connectivity index (χ3n) is 2.86. The Balaban J connectivity index is 2.45. The average molecular weight is 250 g/mol. The Labute approximate surface area is 105 Å². The number of hydrogen-bond donors (Lipinski definition) is 2. The van der Waals surface area contributed by atoms with E-state index in [0.717, 1.165) is 11.1 Å². The summed E-state index contributed by atoms with van der Waals surface area (Å²) < 4.78 is 0. The van der Waals surface area contributed by atoms with E-state index in [0.29, 0.717) is 25.1 Å². The highest BCUT2D eigenvalue weighted by atomic mass is 32.1. The van der Waals surface area contributed by atoms with Crippen molar-refractivity contribution in [3.63, 3.8) is 0 Å². The molecule has 0 spiro atoms. The number of aryl methyl sites for hydroxylation is 1. The van der Waals surface area contributed by atoms with Gasteiger partial charge in [0.05, 0.1) is 11.4 Å². The predicted octanol–water partition coefficient (Wildman–Crippen LogP) is 0.881. The van der Waals surface area contributed by atoms with Gasteiger partial charge >= 0.3 is 0 Å². The lowest BCUT2D eigenvalue weighted by molar-refractivity contribution is -0.125. The first-order valence-electron chi connectivity index (χ1n) is 5.46. The van der Waals surface area contributed by atoms with Crippen LogP contribution in [0.3, 0.4) is 0 Å². The molecule has 0 aromatic heterocycles. The summed E-state index contributed by atoms with van der Waals surface area (Å²) in [5, 5.41) is 0. The second-order valence-electron chi connectivity index (χ2n) is 3.95. The molecule has 0 saturated carbocycles. The van der Waals surface area contributed by atoms with E-state index in [2.05, 4.69) is 12.6 Å². The molecule has 0 bridgehead atoms. The van der Waals surface area contributed by atoms with Gasteiger partial charge in [-0.25, -0.2) is 4.90 Å². The Morgan fingerprint density at radius 3 is 2.82 bits per heavy atom. The fraction of sp³-hybridized carbons (Fsp3) is 0.333. The van der Waals surface area contributed by atoms with E-state index in [-0.39, 0.29) is 17.6 Å². The number of carbonyl (C=O) groups excluding carboxylic acids is 2. The Morgan fingerprint density at radius 1 is 1.41 bits per heavy atom. The first-order valence-corrected chi connectivity index (χ1v) is 6.09. The summed E-state index contributed by atoms with van der Waals surface area (Å²) in [5.41, 5.74) is 8.26. The second kappa shape index (κ2) is 4.89. The summed E-state index contributed by atoms with van der Waals surface area (Å²) in [4.78, 5) is 24.7. The summed E-state index contributed by atoms with van der Waals surface area (Å²) in [6.45, 7) is 0.460. The van der Waals surface area contributed by atoms with Gasteiger partial charge < -0.3 is 5.73 Å². The van der Waals surface area contributed by atoms with E-state index in [1.165, 1.54) is 4.90 Å². The van der Waals surface area contributed by atoms with Crippen LogP contribution in [0.25, 0.3) is 0 Å². The number of anilines is 1. The predicted molar refractivity (Wildman–Crippen MR) is 69.0 cm³/mol. The van der Waals surface area contributed by atoms with Gasteiger partial charge in [0, 0.05) is 13.0 Å². The summed E-state index contributed by atoms with van der Waals surface area (Å²) in [6.07, 6.45) is 1.03. The van der Waals surface area contributed by atoms with Gasteiger partial charge in [-0.15, -0.1) is 0 Å². The molecule has 2 amide bonds. The number of rotatable bonds is 2. The van der Waals surface area contributed by atoms with Crippen molar-refractivity contribution in [1.82, 2.24) is 0 Å². The lowest BCUT2D eigenvalue weighted by atomic mass is 9.98. The molecule has 1 aromatic carbocycles. The first kappa shape index (κ1) is 12.1. The lowest BCUT2D eigenvalue weighted by Gasteiger charge is -2.27. The van der Waals surface area contributed by atoms with E-state index in [1.807, 2.05) is 12.1 Å². The van der Waals surface area contributed by atoms with Crippen molar-refractivity contribution in [1.29, 1.82) is 0 Å². The molecule has 2 N–H and O–H groups in total. The van der Waals surface area contributed by atoms with Crippen molar-refractivity contribution in [2.45, 2.75) is 19.4 Å². The molecule has 0 fully saturated rings. The van der Waals surface area contributed by atoms with Crippen molar-refractivity contribution >= 4 is 30.1 Å². The third-order valence-corrected chi connectivity index (χ3v) is 3.13. The quantitative estimate of drug-likeness (QED) is 0.766. The molecule has 1 aromatic rings. The van der Waals surface area contributed by atoms with Crippen LogP contribution in [0.2, 0.25) is 0 Å². The van der Waals surface area contributed by atoms with Crippen LogP contribution in [0.1, 0.15) is 17.5 Å². The van der Waals surface area contributed by atoms with Crippen molar-refractivity contribution in [2.75, 3.05) is 10.7 Å². The van der Waals surface area contributed by atoms with Crippen LogP contribution in [0, 0.1) is 0 Å². The molecule has 2 rings (SSSR count). The molecule has 0 radical (unpaired) electrons. The molecule has 1 aliphatic heterocycles. The normalized spacial score (nSPS) is 14.7. The Hall–Kier alpha value is -1.33.